The lowest BCUT2D eigenvalue weighted by atomic mass is 9.79. The minimum atomic E-state index is -4.11. The normalized spacial score (nSPS) is 17.3. The highest BCUT2D eigenvalue weighted by Crippen LogP contribution is 2.56. The summed E-state index contributed by atoms with van der Waals surface area (Å²) in [5.41, 5.74) is 1.28. The third kappa shape index (κ3) is 3.62. The van der Waals surface area contributed by atoms with Gasteiger partial charge in [-0.3, -0.25) is 9.78 Å². The fourth-order valence-electron chi connectivity index (χ4n) is 4.68. The van der Waals surface area contributed by atoms with Crippen LogP contribution in [0.15, 0.2) is 53.6 Å². The summed E-state index contributed by atoms with van der Waals surface area (Å²) < 4.78 is 40.2. The highest BCUT2D eigenvalue weighted by Gasteiger charge is 2.56. The number of amides is 1. The maximum atomic E-state index is 13.5. The summed E-state index contributed by atoms with van der Waals surface area (Å²) in [5.74, 6) is 1.02. The number of aromatic nitrogens is 1. The molecule has 1 aromatic heterocycles. The number of sulfonamides is 1. The Hall–Kier alpha value is -3.13. The number of methoxy groups -OCH3 is 2. The molecule has 33 heavy (non-hydrogen) atoms. The third-order valence-electron chi connectivity index (χ3n) is 6.89. The lowest BCUT2D eigenvalue weighted by Crippen LogP contribution is -2.39. The first kappa shape index (κ1) is 21.7. The minimum absolute atomic E-state index is 0.0245. The molecule has 0 spiro atoms. The Morgan fingerprint density at radius 3 is 2.33 bits per heavy atom. The maximum Gasteiger partial charge on any atom is 0.264 e. The number of rotatable bonds is 7. The number of carbonyl (C=O) groups is 1. The standard InChI is InChI=1S/C25H26N2O5S/c1-31-20-14-17(16-6-3-7-16)15-21(32-2)23(20)25(11-12-25)24(28)27-33(29,30)22-10-4-9-19-18(22)8-5-13-26-19/h4-5,8-10,13-16H,3,6-7,11-12H2,1-2H3,(H,27,28). The van der Waals surface area contributed by atoms with Crippen LogP contribution in [0.2, 0.25) is 0 Å². The van der Waals surface area contributed by atoms with E-state index in [-0.39, 0.29) is 4.90 Å². The molecule has 3 aromatic rings. The van der Waals surface area contributed by atoms with Gasteiger partial charge in [-0.25, -0.2) is 13.1 Å². The molecule has 2 fully saturated rings. The number of hydrogen-bond donors (Lipinski definition) is 1. The molecule has 2 aromatic carbocycles. The molecule has 0 aliphatic heterocycles. The average molecular weight is 467 g/mol. The van der Waals surface area contributed by atoms with Crippen LogP contribution in [-0.4, -0.2) is 33.5 Å². The topological polar surface area (TPSA) is 94.6 Å². The van der Waals surface area contributed by atoms with Gasteiger partial charge in [0, 0.05) is 11.6 Å². The Labute approximate surface area is 193 Å². The Kier molecular flexibility index (Phi) is 5.28. The second-order valence-corrected chi connectivity index (χ2v) is 10.4. The van der Waals surface area contributed by atoms with Gasteiger partial charge < -0.3 is 9.47 Å². The Morgan fingerprint density at radius 1 is 1.06 bits per heavy atom. The van der Waals surface area contributed by atoms with Crippen molar-refractivity contribution in [1.29, 1.82) is 0 Å². The van der Waals surface area contributed by atoms with Gasteiger partial charge in [0.1, 0.15) is 11.5 Å². The van der Waals surface area contributed by atoms with Gasteiger partial charge in [0.05, 0.1) is 35.6 Å². The molecule has 8 heteroatoms. The minimum Gasteiger partial charge on any atom is -0.496 e. The van der Waals surface area contributed by atoms with Crippen LogP contribution in [0.1, 0.15) is 49.1 Å². The largest absolute Gasteiger partial charge is 0.496 e. The van der Waals surface area contributed by atoms with E-state index in [1.807, 2.05) is 12.1 Å². The first-order valence-electron chi connectivity index (χ1n) is 11.1. The highest BCUT2D eigenvalue weighted by molar-refractivity contribution is 7.90. The van der Waals surface area contributed by atoms with E-state index >= 15 is 0 Å². The Morgan fingerprint density at radius 2 is 1.76 bits per heavy atom. The van der Waals surface area contributed by atoms with E-state index in [9.17, 15) is 13.2 Å². The predicted octanol–water partition coefficient (Wildman–Crippen LogP) is 4.06. The zero-order valence-electron chi connectivity index (χ0n) is 18.6. The van der Waals surface area contributed by atoms with Crippen molar-refractivity contribution in [2.75, 3.05) is 14.2 Å². The van der Waals surface area contributed by atoms with Crippen LogP contribution >= 0.6 is 0 Å². The van der Waals surface area contributed by atoms with E-state index in [0.29, 0.717) is 46.7 Å². The SMILES string of the molecule is COc1cc(C2CCC2)cc(OC)c1C1(C(=O)NS(=O)(=O)c2cccc3ncccc23)CC1. The summed E-state index contributed by atoms with van der Waals surface area (Å²) in [6.07, 6.45) is 6.07. The van der Waals surface area contributed by atoms with Gasteiger partial charge in [0.25, 0.3) is 10.0 Å². The van der Waals surface area contributed by atoms with Crippen LogP contribution < -0.4 is 14.2 Å². The van der Waals surface area contributed by atoms with Crippen molar-refractivity contribution in [2.45, 2.75) is 48.3 Å². The summed E-state index contributed by atoms with van der Waals surface area (Å²) in [7, 11) is -0.982. The fraction of sp³-hybridized carbons (Fsp3) is 0.360. The zero-order chi connectivity index (χ0) is 23.2. The van der Waals surface area contributed by atoms with Crippen LogP contribution in [0.25, 0.3) is 10.9 Å². The lowest BCUT2D eigenvalue weighted by Gasteiger charge is -2.28. The molecule has 0 atom stereocenters. The number of pyridine rings is 1. The number of ether oxygens (including phenoxy) is 2. The number of hydrogen-bond acceptors (Lipinski definition) is 6. The number of benzene rings is 2. The quantitative estimate of drug-likeness (QED) is 0.564. The zero-order valence-corrected chi connectivity index (χ0v) is 19.4. The van der Waals surface area contributed by atoms with Gasteiger partial charge in [0.15, 0.2) is 0 Å². The van der Waals surface area contributed by atoms with Crippen molar-refractivity contribution in [2.24, 2.45) is 0 Å². The van der Waals surface area contributed by atoms with Gasteiger partial charge >= 0.3 is 0 Å². The number of fused-ring (bicyclic) bond motifs is 1. The molecule has 2 aliphatic rings. The van der Waals surface area contributed by atoms with E-state index in [0.717, 1.165) is 18.4 Å². The first-order valence-corrected chi connectivity index (χ1v) is 12.6. The highest BCUT2D eigenvalue weighted by atomic mass is 32.2. The molecule has 1 N–H and O–H groups in total. The molecule has 0 radical (unpaired) electrons. The summed E-state index contributed by atoms with van der Waals surface area (Å²) in [6.45, 7) is 0. The molecule has 2 saturated carbocycles. The van der Waals surface area contributed by atoms with Crippen molar-refractivity contribution in [3.63, 3.8) is 0 Å². The lowest BCUT2D eigenvalue weighted by molar-refractivity contribution is -0.121. The second-order valence-electron chi connectivity index (χ2n) is 8.77. The molecule has 5 rings (SSSR count). The van der Waals surface area contributed by atoms with Gasteiger partial charge in [0.2, 0.25) is 5.91 Å². The molecule has 1 amide bonds. The molecule has 1 heterocycles. The monoisotopic (exact) mass is 466 g/mol. The van der Waals surface area contributed by atoms with Crippen molar-refractivity contribution >= 4 is 26.8 Å². The molecular formula is C25H26N2O5S. The van der Waals surface area contributed by atoms with Crippen molar-refractivity contribution in [3.05, 3.63) is 59.8 Å². The summed E-state index contributed by atoms with van der Waals surface area (Å²) in [6, 6.07) is 12.1. The van der Waals surface area contributed by atoms with E-state index in [2.05, 4.69) is 9.71 Å². The van der Waals surface area contributed by atoms with Crippen molar-refractivity contribution < 1.29 is 22.7 Å². The average Bonchev–Trinajstić information content (AvgIpc) is 3.58. The first-order chi connectivity index (χ1) is 15.9. The van der Waals surface area contributed by atoms with Crippen LogP contribution in [0.4, 0.5) is 0 Å². The number of nitrogens with zero attached hydrogens (tertiary/aromatic N) is 1. The smallest absolute Gasteiger partial charge is 0.264 e. The Balaban J connectivity index is 1.51. The van der Waals surface area contributed by atoms with Crippen LogP contribution in [-0.2, 0) is 20.2 Å². The number of nitrogens with one attached hydrogen (secondary N) is 1. The van der Waals surface area contributed by atoms with E-state index < -0.39 is 21.3 Å². The van der Waals surface area contributed by atoms with Crippen molar-refractivity contribution in [1.82, 2.24) is 9.71 Å². The predicted molar refractivity (Wildman–Crippen MR) is 124 cm³/mol. The third-order valence-corrected chi connectivity index (χ3v) is 8.28. The molecule has 0 bridgehead atoms. The maximum absolute atomic E-state index is 13.5. The Bertz CT molecular complexity index is 1310. The second kappa shape index (κ2) is 8.02. The van der Waals surface area contributed by atoms with Gasteiger partial charge in [-0.2, -0.15) is 0 Å². The van der Waals surface area contributed by atoms with Crippen LogP contribution in [0.5, 0.6) is 11.5 Å². The fourth-order valence-corrected chi connectivity index (χ4v) is 5.95. The number of carbonyl (C=O) groups excluding carboxylic acids is 1. The summed E-state index contributed by atoms with van der Waals surface area (Å²) >= 11 is 0. The molecule has 172 valence electrons. The molecule has 7 nitrogen and oxygen atoms in total. The molecule has 0 unspecified atom stereocenters. The van der Waals surface area contributed by atoms with E-state index in [1.54, 1.807) is 44.7 Å². The van der Waals surface area contributed by atoms with Crippen LogP contribution in [0.3, 0.4) is 0 Å². The summed E-state index contributed by atoms with van der Waals surface area (Å²) in [4.78, 5) is 17.7. The van der Waals surface area contributed by atoms with E-state index in [4.69, 9.17) is 9.47 Å². The van der Waals surface area contributed by atoms with Crippen LogP contribution in [0, 0.1) is 0 Å². The molecule has 0 saturated heterocycles. The summed E-state index contributed by atoms with van der Waals surface area (Å²) in [5, 5.41) is 0.463. The van der Waals surface area contributed by atoms with Gasteiger partial charge in [-0.15, -0.1) is 0 Å². The molecule has 2 aliphatic carbocycles. The van der Waals surface area contributed by atoms with Gasteiger partial charge in [-0.1, -0.05) is 12.5 Å². The van der Waals surface area contributed by atoms with Gasteiger partial charge in [-0.05, 0) is 73.6 Å². The van der Waals surface area contributed by atoms with E-state index in [1.165, 1.54) is 12.5 Å². The van der Waals surface area contributed by atoms with Crippen molar-refractivity contribution in [3.8, 4) is 11.5 Å². The molecular weight excluding hydrogens is 440 g/mol.